The van der Waals surface area contributed by atoms with Crippen LogP contribution in [-0.4, -0.2) is 56.9 Å². The number of carbonyl (C=O) groups excluding carboxylic acids is 1. The SMILES string of the molecule is Cc1ccc(N(C)C(=O)CCN2CCN(c3ccc(OC(F)(F)F)cc3)CC2)cc1. The van der Waals surface area contributed by atoms with Crippen molar-refractivity contribution in [3.8, 4) is 5.75 Å². The topological polar surface area (TPSA) is 36.0 Å². The second-order valence-corrected chi connectivity index (χ2v) is 7.41. The van der Waals surface area contributed by atoms with Crippen molar-refractivity contribution in [2.45, 2.75) is 19.7 Å². The normalized spacial score (nSPS) is 15.2. The molecule has 1 fully saturated rings. The molecular weight excluding hydrogens is 395 g/mol. The predicted molar refractivity (Wildman–Crippen MR) is 111 cm³/mol. The van der Waals surface area contributed by atoms with Crippen molar-refractivity contribution in [1.29, 1.82) is 0 Å². The second kappa shape index (κ2) is 9.38. The minimum atomic E-state index is -4.68. The summed E-state index contributed by atoms with van der Waals surface area (Å²) in [6.45, 7) is 5.78. The molecule has 0 spiro atoms. The number of hydrogen-bond donors (Lipinski definition) is 0. The van der Waals surface area contributed by atoms with Gasteiger partial charge in [0.05, 0.1) is 0 Å². The molecule has 1 amide bonds. The van der Waals surface area contributed by atoms with E-state index in [1.54, 1.807) is 24.1 Å². The molecule has 2 aromatic carbocycles. The highest BCUT2D eigenvalue weighted by Crippen LogP contribution is 2.26. The Hall–Kier alpha value is -2.74. The first-order valence-electron chi connectivity index (χ1n) is 9.87. The Bertz CT molecular complexity index is 830. The number of benzene rings is 2. The molecule has 0 saturated carbocycles. The molecule has 8 heteroatoms. The summed E-state index contributed by atoms with van der Waals surface area (Å²) < 4.78 is 40.7. The Kier molecular flexibility index (Phi) is 6.87. The molecule has 0 aliphatic carbocycles. The van der Waals surface area contributed by atoms with Crippen molar-refractivity contribution in [3.05, 3.63) is 54.1 Å². The first kappa shape index (κ1) is 22.0. The number of anilines is 2. The van der Waals surface area contributed by atoms with Crippen LogP contribution in [0, 0.1) is 6.92 Å². The quantitative estimate of drug-likeness (QED) is 0.705. The fourth-order valence-corrected chi connectivity index (χ4v) is 3.42. The number of nitrogens with zero attached hydrogens (tertiary/aromatic N) is 3. The highest BCUT2D eigenvalue weighted by atomic mass is 19.4. The summed E-state index contributed by atoms with van der Waals surface area (Å²) in [4.78, 5) is 18.5. The summed E-state index contributed by atoms with van der Waals surface area (Å²) in [5.41, 5.74) is 2.90. The molecule has 1 aliphatic rings. The Balaban J connectivity index is 1.44. The number of aryl methyl sites for hydroxylation is 1. The molecule has 0 bridgehead atoms. The van der Waals surface area contributed by atoms with Gasteiger partial charge < -0.3 is 14.5 Å². The molecule has 0 radical (unpaired) electrons. The lowest BCUT2D eigenvalue weighted by Gasteiger charge is -2.36. The van der Waals surface area contributed by atoms with Gasteiger partial charge in [-0.25, -0.2) is 0 Å². The van der Waals surface area contributed by atoms with Gasteiger partial charge in [0, 0.05) is 57.6 Å². The van der Waals surface area contributed by atoms with E-state index in [9.17, 15) is 18.0 Å². The van der Waals surface area contributed by atoms with Crippen LogP contribution in [0.3, 0.4) is 0 Å². The maximum absolute atomic E-state index is 12.5. The Morgan fingerprint density at radius 3 is 2.17 bits per heavy atom. The van der Waals surface area contributed by atoms with Crippen LogP contribution in [0.4, 0.5) is 24.5 Å². The van der Waals surface area contributed by atoms with Crippen molar-refractivity contribution in [2.24, 2.45) is 0 Å². The van der Waals surface area contributed by atoms with E-state index in [1.807, 2.05) is 31.2 Å². The maximum atomic E-state index is 12.5. The van der Waals surface area contributed by atoms with E-state index in [0.717, 1.165) is 43.1 Å². The number of alkyl halides is 3. The number of hydrogen-bond acceptors (Lipinski definition) is 4. The maximum Gasteiger partial charge on any atom is 0.573 e. The van der Waals surface area contributed by atoms with E-state index in [1.165, 1.54) is 12.1 Å². The number of amides is 1. The zero-order valence-corrected chi connectivity index (χ0v) is 17.2. The number of halogens is 3. The van der Waals surface area contributed by atoms with Gasteiger partial charge in [-0.1, -0.05) is 17.7 Å². The molecule has 0 unspecified atom stereocenters. The second-order valence-electron chi connectivity index (χ2n) is 7.41. The van der Waals surface area contributed by atoms with Crippen LogP contribution >= 0.6 is 0 Å². The molecular formula is C22H26F3N3O2. The highest BCUT2D eigenvalue weighted by molar-refractivity contribution is 5.92. The Morgan fingerprint density at radius 2 is 1.60 bits per heavy atom. The van der Waals surface area contributed by atoms with Crippen molar-refractivity contribution in [2.75, 3.05) is 49.6 Å². The summed E-state index contributed by atoms with van der Waals surface area (Å²) >= 11 is 0. The van der Waals surface area contributed by atoms with Crippen LogP contribution in [0.1, 0.15) is 12.0 Å². The molecule has 1 aliphatic heterocycles. The van der Waals surface area contributed by atoms with Gasteiger partial charge in [-0.2, -0.15) is 0 Å². The van der Waals surface area contributed by atoms with Gasteiger partial charge >= 0.3 is 6.36 Å². The zero-order chi connectivity index (χ0) is 21.7. The predicted octanol–water partition coefficient (Wildman–Crippen LogP) is 4.07. The Morgan fingerprint density at radius 1 is 1.00 bits per heavy atom. The number of ether oxygens (including phenoxy) is 1. The molecule has 3 rings (SSSR count). The fraction of sp³-hybridized carbons (Fsp3) is 0.409. The van der Waals surface area contributed by atoms with E-state index < -0.39 is 6.36 Å². The van der Waals surface area contributed by atoms with Gasteiger partial charge in [-0.05, 0) is 43.3 Å². The van der Waals surface area contributed by atoms with Gasteiger partial charge in [0.1, 0.15) is 5.75 Å². The summed E-state index contributed by atoms with van der Waals surface area (Å²) in [6, 6.07) is 13.8. The van der Waals surface area contributed by atoms with Crippen LogP contribution in [0.5, 0.6) is 5.75 Å². The van der Waals surface area contributed by atoms with Crippen molar-refractivity contribution >= 4 is 17.3 Å². The number of carbonyl (C=O) groups is 1. The molecule has 1 heterocycles. The van der Waals surface area contributed by atoms with Crippen LogP contribution in [0.25, 0.3) is 0 Å². The lowest BCUT2D eigenvalue weighted by atomic mass is 10.2. The average molecular weight is 421 g/mol. The van der Waals surface area contributed by atoms with Gasteiger partial charge in [-0.3, -0.25) is 9.69 Å². The van der Waals surface area contributed by atoms with Gasteiger partial charge in [0.15, 0.2) is 0 Å². The molecule has 2 aromatic rings. The average Bonchev–Trinajstić information content (AvgIpc) is 2.72. The summed E-state index contributed by atoms with van der Waals surface area (Å²) in [6.07, 6.45) is -4.24. The monoisotopic (exact) mass is 421 g/mol. The molecule has 5 nitrogen and oxygen atoms in total. The summed E-state index contributed by atoms with van der Waals surface area (Å²) in [5.74, 6) is -0.150. The van der Waals surface area contributed by atoms with E-state index >= 15 is 0 Å². The van der Waals surface area contributed by atoms with E-state index in [4.69, 9.17) is 0 Å². The van der Waals surface area contributed by atoms with Gasteiger partial charge in [-0.15, -0.1) is 13.2 Å². The van der Waals surface area contributed by atoms with Crippen LogP contribution in [-0.2, 0) is 4.79 Å². The van der Waals surface area contributed by atoms with Gasteiger partial charge in [0.25, 0.3) is 0 Å². The number of piperazine rings is 1. The lowest BCUT2D eigenvalue weighted by molar-refractivity contribution is -0.274. The molecule has 0 N–H and O–H groups in total. The summed E-state index contributed by atoms with van der Waals surface area (Å²) in [7, 11) is 1.79. The van der Waals surface area contributed by atoms with Crippen molar-refractivity contribution in [1.82, 2.24) is 4.90 Å². The summed E-state index contributed by atoms with van der Waals surface area (Å²) in [5, 5.41) is 0. The smallest absolute Gasteiger partial charge is 0.406 e. The molecule has 0 atom stereocenters. The largest absolute Gasteiger partial charge is 0.573 e. The number of rotatable bonds is 6. The van der Waals surface area contributed by atoms with E-state index in [2.05, 4.69) is 14.5 Å². The van der Waals surface area contributed by atoms with Gasteiger partial charge in [0.2, 0.25) is 5.91 Å². The van der Waals surface area contributed by atoms with Crippen LogP contribution in [0.15, 0.2) is 48.5 Å². The molecule has 1 saturated heterocycles. The van der Waals surface area contributed by atoms with Crippen molar-refractivity contribution in [3.63, 3.8) is 0 Å². The molecule has 30 heavy (non-hydrogen) atoms. The first-order chi connectivity index (χ1) is 14.2. The molecule has 162 valence electrons. The minimum Gasteiger partial charge on any atom is -0.406 e. The van der Waals surface area contributed by atoms with Crippen LogP contribution < -0.4 is 14.5 Å². The third-order valence-electron chi connectivity index (χ3n) is 5.25. The zero-order valence-electron chi connectivity index (χ0n) is 17.2. The standard InChI is InChI=1S/C22H26F3N3O2/c1-17-3-5-18(6-4-17)26(2)21(29)11-12-27-13-15-28(16-14-27)19-7-9-20(10-8-19)30-22(23,24)25/h3-10H,11-16H2,1-2H3. The first-order valence-corrected chi connectivity index (χ1v) is 9.87. The lowest BCUT2D eigenvalue weighted by Crippen LogP contribution is -2.47. The van der Waals surface area contributed by atoms with E-state index in [-0.39, 0.29) is 11.7 Å². The van der Waals surface area contributed by atoms with Crippen LogP contribution in [0.2, 0.25) is 0 Å². The highest BCUT2D eigenvalue weighted by Gasteiger charge is 2.31. The third kappa shape index (κ3) is 6.13. The molecule has 0 aromatic heterocycles. The minimum absolute atomic E-state index is 0.0709. The Labute approximate surface area is 174 Å². The fourth-order valence-electron chi connectivity index (χ4n) is 3.42. The third-order valence-corrected chi connectivity index (χ3v) is 5.25. The van der Waals surface area contributed by atoms with Crippen molar-refractivity contribution < 1.29 is 22.7 Å². The van der Waals surface area contributed by atoms with E-state index in [0.29, 0.717) is 13.0 Å².